The summed E-state index contributed by atoms with van der Waals surface area (Å²) in [5.74, 6) is -0.365. The summed E-state index contributed by atoms with van der Waals surface area (Å²) >= 11 is 0. The van der Waals surface area contributed by atoms with Crippen LogP contribution in [-0.2, 0) is 9.53 Å². The van der Waals surface area contributed by atoms with E-state index >= 15 is 0 Å². The second-order valence-electron chi connectivity index (χ2n) is 4.00. The summed E-state index contributed by atoms with van der Waals surface area (Å²) < 4.78 is 4.89. The molecule has 2 N–H and O–H groups in total. The van der Waals surface area contributed by atoms with Gasteiger partial charge in [-0.3, -0.25) is 4.79 Å². The molecule has 1 aromatic rings. The van der Waals surface area contributed by atoms with Crippen LogP contribution in [0.4, 0.5) is 11.5 Å². The van der Waals surface area contributed by atoms with Crippen molar-refractivity contribution in [2.24, 2.45) is 0 Å². The first-order valence-electron chi connectivity index (χ1n) is 5.86. The fourth-order valence-electron chi connectivity index (χ4n) is 1.91. The third kappa shape index (κ3) is 2.27. The number of carbonyl (C=O) groups excluding carboxylic acids is 2. The van der Waals surface area contributed by atoms with E-state index in [2.05, 4.69) is 4.98 Å². The van der Waals surface area contributed by atoms with Gasteiger partial charge in [-0.2, -0.15) is 0 Å². The van der Waals surface area contributed by atoms with Crippen LogP contribution in [0.3, 0.4) is 0 Å². The summed E-state index contributed by atoms with van der Waals surface area (Å²) in [5.41, 5.74) is 6.43. The van der Waals surface area contributed by atoms with Crippen LogP contribution in [0.25, 0.3) is 0 Å². The van der Waals surface area contributed by atoms with E-state index in [1.165, 1.54) is 6.20 Å². The lowest BCUT2D eigenvalue weighted by atomic mass is 10.2. The van der Waals surface area contributed by atoms with E-state index in [9.17, 15) is 9.59 Å². The van der Waals surface area contributed by atoms with Crippen LogP contribution in [-0.4, -0.2) is 30.0 Å². The second-order valence-corrected chi connectivity index (χ2v) is 4.00. The van der Waals surface area contributed by atoms with Crippen LogP contribution < -0.4 is 10.6 Å². The Morgan fingerprint density at radius 1 is 1.61 bits per heavy atom. The van der Waals surface area contributed by atoms with E-state index in [1.54, 1.807) is 17.9 Å². The van der Waals surface area contributed by atoms with Crippen LogP contribution in [0.2, 0.25) is 0 Å². The third-order valence-corrected chi connectivity index (χ3v) is 2.78. The molecule has 0 unspecified atom stereocenters. The predicted molar refractivity (Wildman–Crippen MR) is 66.2 cm³/mol. The Kier molecular flexibility index (Phi) is 3.45. The number of carbonyl (C=O) groups is 2. The Balaban J connectivity index is 2.31. The molecule has 2 heterocycles. The number of anilines is 2. The number of pyridine rings is 1. The van der Waals surface area contributed by atoms with Gasteiger partial charge in [0.05, 0.1) is 18.5 Å². The molecule has 1 aliphatic heterocycles. The van der Waals surface area contributed by atoms with Crippen LogP contribution in [0.1, 0.15) is 30.1 Å². The van der Waals surface area contributed by atoms with Crippen molar-refractivity contribution in [1.29, 1.82) is 0 Å². The zero-order valence-corrected chi connectivity index (χ0v) is 10.2. The van der Waals surface area contributed by atoms with Crippen molar-refractivity contribution in [2.75, 3.05) is 23.8 Å². The van der Waals surface area contributed by atoms with E-state index in [1.807, 2.05) is 0 Å². The first kappa shape index (κ1) is 12.3. The van der Waals surface area contributed by atoms with Gasteiger partial charge in [0.25, 0.3) is 0 Å². The average Bonchev–Trinajstić information content (AvgIpc) is 2.76. The van der Waals surface area contributed by atoms with Gasteiger partial charge in [0.2, 0.25) is 5.91 Å². The zero-order chi connectivity index (χ0) is 13.1. The molecule has 96 valence electrons. The molecule has 0 aliphatic carbocycles. The maximum Gasteiger partial charge on any atom is 0.341 e. The molecule has 18 heavy (non-hydrogen) atoms. The van der Waals surface area contributed by atoms with E-state index < -0.39 is 5.97 Å². The largest absolute Gasteiger partial charge is 0.462 e. The molecule has 6 heteroatoms. The zero-order valence-electron chi connectivity index (χ0n) is 10.2. The first-order valence-corrected chi connectivity index (χ1v) is 5.86. The van der Waals surface area contributed by atoms with E-state index in [-0.39, 0.29) is 23.9 Å². The minimum atomic E-state index is -0.518. The Bertz CT molecular complexity index is 487. The van der Waals surface area contributed by atoms with Crippen molar-refractivity contribution in [2.45, 2.75) is 19.8 Å². The first-order chi connectivity index (χ1) is 8.63. The summed E-state index contributed by atoms with van der Waals surface area (Å²) in [4.78, 5) is 28.8. The average molecular weight is 249 g/mol. The van der Waals surface area contributed by atoms with Gasteiger partial charge in [0.15, 0.2) is 0 Å². The van der Waals surface area contributed by atoms with Crippen molar-refractivity contribution in [3.63, 3.8) is 0 Å². The van der Waals surface area contributed by atoms with Crippen molar-refractivity contribution >= 4 is 23.4 Å². The highest BCUT2D eigenvalue weighted by Crippen LogP contribution is 2.23. The van der Waals surface area contributed by atoms with E-state index in [0.29, 0.717) is 18.7 Å². The number of nitrogens with two attached hydrogens (primary N) is 1. The number of hydrogen-bond donors (Lipinski definition) is 1. The second kappa shape index (κ2) is 5.03. The van der Waals surface area contributed by atoms with Gasteiger partial charge in [0.1, 0.15) is 11.4 Å². The minimum absolute atomic E-state index is 0.0383. The number of rotatable bonds is 3. The molecule has 1 fully saturated rings. The quantitative estimate of drug-likeness (QED) is 0.806. The van der Waals surface area contributed by atoms with Crippen molar-refractivity contribution in [3.8, 4) is 0 Å². The topological polar surface area (TPSA) is 85.5 Å². The van der Waals surface area contributed by atoms with Gasteiger partial charge < -0.3 is 15.4 Å². The monoisotopic (exact) mass is 249 g/mol. The molecule has 6 nitrogen and oxygen atoms in total. The molecule has 0 spiro atoms. The smallest absolute Gasteiger partial charge is 0.341 e. The number of nitrogens with zero attached hydrogens (tertiary/aromatic N) is 2. The number of amides is 1. The van der Waals surface area contributed by atoms with Crippen molar-refractivity contribution in [3.05, 3.63) is 17.8 Å². The highest BCUT2D eigenvalue weighted by molar-refractivity contribution is 5.99. The molecule has 0 atom stereocenters. The van der Waals surface area contributed by atoms with Gasteiger partial charge >= 0.3 is 5.97 Å². The molecule has 0 radical (unpaired) electrons. The van der Waals surface area contributed by atoms with E-state index in [4.69, 9.17) is 10.5 Å². The molecule has 0 bridgehead atoms. The molecule has 1 aliphatic rings. The summed E-state index contributed by atoms with van der Waals surface area (Å²) in [6.45, 7) is 2.63. The standard InChI is InChI=1S/C12H15N3O3/c1-2-18-12(17)9-6-8(7-14-11(9)13)15-5-3-4-10(15)16/h6-7H,2-5H2,1H3,(H2,13,14). The normalized spacial score (nSPS) is 14.9. The Morgan fingerprint density at radius 2 is 2.39 bits per heavy atom. The number of nitrogen functional groups attached to an aromatic ring is 1. The number of esters is 1. The minimum Gasteiger partial charge on any atom is -0.462 e. The lowest BCUT2D eigenvalue weighted by Crippen LogP contribution is -2.24. The highest BCUT2D eigenvalue weighted by atomic mass is 16.5. The van der Waals surface area contributed by atoms with E-state index in [0.717, 1.165) is 6.42 Å². The maximum atomic E-state index is 11.7. The van der Waals surface area contributed by atoms with Crippen LogP contribution in [0, 0.1) is 0 Å². The highest BCUT2D eigenvalue weighted by Gasteiger charge is 2.23. The summed E-state index contributed by atoms with van der Waals surface area (Å²) in [6.07, 6.45) is 2.85. The van der Waals surface area contributed by atoms with Gasteiger partial charge in [-0.05, 0) is 19.4 Å². The van der Waals surface area contributed by atoms with Gasteiger partial charge in [-0.15, -0.1) is 0 Å². The molecule has 1 amide bonds. The molecule has 0 aromatic carbocycles. The fourth-order valence-corrected chi connectivity index (χ4v) is 1.91. The molecule has 1 aromatic heterocycles. The predicted octanol–water partition coefficient (Wildman–Crippen LogP) is 0.967. The number of hydrogen-bond acceptors (Lipinski definition) is 5. The number of ether oxygens (including phenoxy) is 1. The van der Waals surface area contributed by atoms with Crippen LogP contribution in [0.5, 0.6) is 0 Å². The van der Waals surface area contributed by atoms with Gasteiger partial charge in [-0.25, -0.2) is 9.78 Å². The molecule has 0 saturated carbocycles. The maximum absolute atomic E-state index is 11.7. The Labute approximate surface area is 105 Å². The summed E-state index contributed by atoms with van der Waals surface area (Å²) in [6, 6.07) is 1.56. The molecular weight excluding hydrogens is 234 g/mol. The molecular formula is C12H15N3O3. The number of aromatic nitrogens is 1. The molecule has 1 saturated heterocycles. The van der Waals surface area contributed by atoms with Gasteiger partial charge in [0, 0.05) is 13.0 Å². The van der Waals surface area contributed by atoms with Gasteiger partial charge in [-0.1, -0.05) is 0 Å². The summed E-state index contributed by atoms with van der Waals surface area (Å²) in [7, 11) is 0. The summed E-state index contributed by atoms with van der Waals surface area (Å²) in [5, 5.41) is 0. The van der Waals surface area contributed by atoms with Crippen molar-refractivity contribution < 1.29 is 14.3 Å². The van der Waals surface area contributed by atoms with Crippen LogP contribution >= 0.6 is 0 Å². The lowest BCUT2D eigenvalue weighted by Gasteiger charge is -2.16. The Morgan fingerprint density at radius 3 is 3.00 bits per heavy atom. The fraction of sp³-hybridized carbons (Fsp3) is 0.417. The van der Waals surface area contributed by atoms with Crippen molar-refractivity contribution in [1.82, 2.24) is 4.98 Å². The Hall–Kier alpha value is -2.11. The molecule has 2 rings (SSSR count). The lowest BCUT2D eigenvalue weighted by molar-refractivity contribution is -0.117. The van der Waals surface area contributed by atoms with Crippen LogP contribution in [0.15, 0.2) is 12.3 Å². The SMILES string of the molecule is CCOC(=O)c1cc(N2CCCC2=O)cnc1N. The third-order valence-electron chi connectivity index (χ3n) is 2.78.